The van der Waals surface area contributed by atoms with Crippen LogP contribution in [-0.4, -0.2) is 47.1 Å². The second-order valence-corrected chi connectivity index (χ2v) is 7.01. The zero-order chi connectivity index (χ0) is 19.2. The lowest BCUT2D eigenvalue weighted by Gasteiger charge is -2.15. The number of nitrogens with one attached hydrogen (secondary N) is 2. The van der Waals surface area contributed by atoms with E-state index in [9.17, 15) is 15.0 Å². The van der Waals surface area contributed by atoms with Crippen molar-refractivity contribution in [3.8, 4) is 0 Å². The van der Waals surface area contributed by atoms with Gasteiger partial charge in [0.25, 0.3) is 0 Å². The molecular formula is C20H23ClN2O4. The summed E-state index contributed by atoms with van der Waals surface area (Å²) in [7, 11) is 0. The number of hydrogen-bond acceptors (Lipinski definition) is 5. The normalized spacial score (nSPS) is 24.7. The standard InChI is InChI=1S/C20H23ClN2O4/c21-14-6-4-5-13(9-14)11-22-12-17-20(26)19(25)16(27-17)10-18(24)23-15-7-2-1-3-8-15/h1-9,16-17,19-20,22,25-26H,10-12H2,(H,23,24). The largest absolute Gasteiger partial charge is 0.388 e. The van der Waals surface area contributed by atoms with Crippen molar-refractivity contribution in [2.45, 2.75) is 37.4 Å². The third kappa shape index (κ3) is 5.51. The molecule has 0 radical (unpaired) electrons. The molecule has 3 rings (SSSR count). The SMILES string of the molecule is O=C(CC1OC(CNCc2cccc(Cl)c2)C(O)C1O)Nc1ccccc1. The number of carbonyl (C=O) groups is 1. The zero-order valence-electron chi connectivity index (χ0n) is 14.7. The van der Waals surface area contributed by atoms with Crippen molar-refractivity contribution in [1.82, 2.24) is 5.32 Å². The van der Waals surface area contributed by atoms with Gasteiger partial charge in [0.15, 0.2) is 0 Å². The van der Waals surface area contributed by atoms with Crippen LogP contribution in [0.5, 0.6) is 0 Å². The highest BCUT2D eigenvalue weighted by atomic mass is 35.5. The van der Waals surface area contributed by atoms with Gasteiger partial charge in [-0.05, 0) is 29.8 Å². The smallest absolute Gasteiger partial charge is 0.227 e. The average molecular weight is 391 g/mol. The Kier molecular flexibility index (Phi) is 6.82. The Morgan fingerprint density at radius 1 is 1.04 bits per heavy atom. The Bertz CT molecular complexity index is 759. The Balaban J connectivity index is 1.47. The second kappa shape index (κ2) is 9.30. The molecule has 0 aromatic heterocycles. The molecule has 6 nitrogen and oxygen atoms in total. The van der Waals surface area contributed by atoms with E-state index in [0.717, 1.165) is 5.56 Å². The lowest BCUT2D eigenvalue weighted by atomic mass is 10.1. The van der Waals surface area contributed by atoms with E-state index in [-0.39, 0.29) is 12.3 Å². The van der Waals surface area contributed by atoms with E-state index in [2.05, 4.69) is 10.6 Å². The first-order valence-electron chi connectivity index (χ1n) is 8.84. The number of halogens is 1. The van der Waals surface area contributed by atoms with Gasteiger partial charge in [0.05, 0.1) is 18.6 Å². The van der Waals surface area contributed by atoms with E-state index in [1.54, 1.807) is 18.2 Å². The van der Waals surface area contributed by atoms with Gasteiger partial charge in [-0.2, -0.15) is 0 Å². The second-order valence-electron chi connectivity index (χ2n) is 6.57. The molecule has 144 valence electrons. The van der Waals surface area contributed by atoms with Crippen molar-refractivity contribution in [1.29, 1.82) is 0 Å². The molecule has 2 aromatic carbocycles. The molecular weight excluding hydrogens is 368 g/mol. The number of benzene rings is 2. The van der Waals surface area contributed by atoms with Crippen molar-refractivity contribution < 1.29 is 19.7 Å². The highest BCUT2D eigenvalue weighted by molar-refractivity contribution is 6.30. The topological polar surface area (TPSA) is 90.8 Å². The van der Waals surface area contributed by atoms with E-state index in [1.165, 1.54) is 0 Å². The maximum absolute atomic E-state index is 12.1. The first-order chi connectivity index (χ1) is 13.0. The maximum atomic E-state index is 12.1. The van der Waals surface area contributed by atoms with E-state index >= 15 is 0 Å². The summed E-state index contributed by atoms with van der Waals surface area (Å²) in [4.78, 5) is 12.1. The van der Waals surface area contributed by atoms with Crippen LogP contribution in [0.15, 0.2) is 54.6 Å². The summed E-state index contributed by atoms with van der Waals surface area (Å²) in [5.74, 6) is -0.273. The first-order valence-corrected chi connectivity index (χ1v) is 9.22. The first kappa shape index (κ1) is 19.8. The van der Waals surface area contributed by atoms with Gasteiger partial charge >= 0.3 is 0 Å². The predicted molar refractivity (Wildman–Crippen MR) is 104 cm³/mol. The number of aliphatic hydroxyl groups excluding tert-OH is 2. The monoisotopic (exact) mass is 390 g/mol. The van der Waals surface area contributed by atoms with Crippen molar-refractivity contribution in [2.75, 3.05) is 11.9 Å². The predicted octanol–water partition coefficient (Wildman–Crippen LogP) is 1.95. The molecule has 0 spiro atoms. The number of hydrogen-bond donors (Lipinski definition) is 4. The van der Waals surface area contributed by atoms with Gasteiger partial charge in [-0.15, -0.1) is 0 Å². The molecule has 0 aliphatic carbocycles. The van der Waals surface area contributed by atoms with Crippen LogP contribution < -0.4 is 10.6 Å². The molecule has 4 atom stereocenters. The van der Waals surface area contributed by atoms with E-state index in [1.807, 2.05) is 36.4 Å². The summed E-state index contributed by atoms with van der Waals surface area (Å²) in [6.07, 6.45) is -3.52. The zero-order valence-corrected chi connectivity index (χ0v) is 15.5. The molecule has 1 amide bonds. The minimum atomic E-state index is -1.11. The summed E-state index contributed by atoms with van der Waals surface area (Å²) in [6, 6.07) is 16.5. The van der Waals surface area contributed by atoms with Crippen LogP contribution in [0, 0.1) is 0 Å². The highest BCUT2D eigenvalue weighted by Gasteiger charge is 2.43. The Morgan fingerprint density at radius 3 is 2.52 bits per heavy atom. The lowest BCUT2D eigenvalue weighted by Crippen LogP contribution is -2.38. The Labute approximate surface area is 163 Å². The summed E-state index contributed by atoms with van der Waals surface area (Å²) in [5, 5.41) is 27.0. The summed E-state index contributed by atoms with van der Waals surface area (Å²) in [6.45, 7) is 0.907. The molecule has 0 saturated carbocycles. The van der Waals surface area contributed by atoms with Crippen molar-refractivity contribution in [3.63, 3.8) is 0 Å². The van der Waals surface area contributed by atoms with Gasteiger partial charge in [-0.1, -0.05) is 41.9 Å². The van der Waals surface area contributed by atoms with E-state index in [4.69, 9.17) is 16.3 Å². The number of ether oxygens (including phenoxy) is 1. The van der Waals surface area contributed by atoms with Crippen LogP contribution in [0.1, 0.15) is 12.0 Å². The molecule has 1 saturated heterocycles. The quantitative estimate of drug-likeness (QED) is 0.580. The minimum Gasteiger partial charge on any atom is -0.388 e. The molecule has 2 aromatic rings. The van der Waals surface area contributed by atoms with Crippen LogP contribution in [-0.2, 0) is 16.1 Å². The minimum absolute atomic E-state index is 0.0298. The molecule has 4 unspecified atom stereocenters. The van der Waals surface area contributed by atoms with Gasteiger partial charge in [0, 0.05) is 23.8 Å². The number of carbonyl (C=O) groups excluding carboxylic acids is 1. The average Bonchev–Trinajstić information content (AvgIpc) is 2.90. The number of aliphatic hydroxyl groups is 2. The van der Waals surface area contributed by atoms with Crippen molar-refractivity contribution in [2.24, 2.45) is 0 Å². The fourth-order valence-corrected chi connectivity index (χ4v) is 3.30. The molecule has 1 fully saturated rings. The Morgan fingerprint density at radius 2 is 1.78 bits per heavy atom. The Hall–Kier alpha value is -1.96. The molecule has 4 N–H and O–H groups in total. The summed E-state index contributed by atoms with van der Waals surface area (Å²) < 4.78 is 5.71. The molecule has 7 heteroatoms. The fraction of sp³-hybridized carbons (Fsp3) is 0.350. The van der Waals surface area contributed by atoms with Crippen LogP contribution >= 0.6 is 11.6 Å². The third-order valence-corrected chi connectivity index (χ3v) is 4.70. The van der Waals surface area contributed by atoms with Gasteiger partial charge in [0.1, 0.15) is 12.2 Å². The number of amides is 1. The van der Waals surface area contributed by atoms with Gasteiger partial charge in [-0.25, -0.2) is 0 Å². The molecule has 27 heavy (non-hydrogen) atoms. The molecule has 1 aliphatic rings. The molecule has 1 heterocycles. The van der Waals surface area contributed by atoms with Gasteiger partial charge in [-0.3, -0.25) is 4.79 Å². The number of anilines is 1. The van der Waals surface area contributed by atoms with Gasteiger partial charge in [0.2, 0.25) is 5.91 Å². The van der Waals surface area contributed by atoms with Gasteiger partial charge < -0.3 is 25.6 Å². The lowest BCUT2D eigenvalue weighted by molar-refractivity contribution is -0.120. The fourth-order valence-electron chi connectivity index (χ4n) is 3.08. The molecule has 1 aliphatic heterocycles. The maximum Gasteiger partial charge on any atom is 0.227 e. The van der Waals surface area contributed by atoms with Crippen LogP contribution in [0.3, 0.4) is 0 Å². The van der Waals surface area contributed by atoms with Crippen LogP contribution in [0.2, 0.25) is 5.02 Å². The van der Waals surface area contributed by atoms with Crippen LogP contribution in [0.4, 0.5) is 5.69 Å². The van der Waals surface area contributed by atoms with Crippen molar-refractivity contribution >= 4 is 23.2 Å². The molecule has 0 bridgehead atoms. The van der Waals surface area contributed by atoms with Crippen molar-refractivity contribution in [3.05, 3.63) is 65.2 Å². The summed E-state index contributed by atoms with van der Waals surface area (Å²) in [5.41, 5.74) is 1.68. The van der Waals surface area contributed by atoms with Crippen LogP contribution in [0.25, 0.3) is 0 Å². The third-order valence-electron chi connectivity index (χ3n) is 4.47. The number of para-hydroxylation sites is 1. The highest BCUT2D eigenvalue weighted by Crippen LogP contribution is 2.24. The van der Waals surface area contributed by atoms with E-state index in [0.29, 0.717) is 23.8 Å². The summed E-state index contributed by atoms with van der Waals surface area (Å²) >= 11 is 5.96. The number of rotatable bonds is 7. The van der Waals surface area contributed by atoms with E-state index < -0.39 is 24.4 Å².